The number of aromatic amines is 1. The van der Waals surface area contributed by atoms with Gasteiger partial charge in [0.05, 0.1) is 5.39 Å². The molecule has 0 aliphatic carbocycles. The number of rotatable bonds is 1. The summed E-state index contributed by atoms with van der Waals surface area (Å²) in [6.07, 6.45) is 0. The van der Waals surface area contributed by atoms with Crippen molar-refractivity contribution in [3.8, 4) is 0 Å². The van der Waals surface area contributed by atoms with E-state index in [4.69, 9.17) is 23.1 Å². The maximum atomic E-state index is 10.9. The quantitative estimate of drug-likeness (QED) is 0.663. The Kier molecular flexibility index (Phi) is 2.20. The van der Waals surface area contributed by atoms with Gasteiger partial charge in [-0.1, -0.05) is 0 Å². The van der Waals surface area contributed by atoms with Crippen LogP contribution >= 0.6 is 23.6 Å². The molecule has 2 aromatic heterocycles. The zero-order valence-corrected chi connectivity index (χ0v) is 9.33. The zero-order valence-electron chi connectivity index (χ0n) is 7.70. The highest BCUT2D eigenvalue weighted by Crippen LogP contribution is 2.31. The normalized spacial score (nSPS) is 10.7. The van der Waals surface area contributed by atoms with E-state index in [9.17, 15) is 4.79 Å². The van der Waals surface area contributed by atoms with Gasteiger partial charge in [0.25, 0.3) is 0 Å². The smallest absolute Gasteiger partial charge is 0.346 e. The molecule has 0 bridgehead atoms. The summed E-state index contributed by atoms with van der Waals surface area (Å²) in [5, 5.41) is 9.58. The van der Waals surface area contributed by atoms with Crippen LogP contribution in [0.1, 0.15) is 15.2 Å². The van der Waals surface area contributed by atoms with Gasteiger partial charge < -0.3 is 15.8 Å². The number of fused-ring (bicyclic) bond motifs is 1. The van der Waals surface area contributed by atoms with Crippen LogP contribution in [0.25, 0.3) is 10.2 Å². The van der Waals surface area contributed by atoms with E-state index in [1.165, 1.54) is 0 Å². The number of nitrogens with one attached hydrogen (secondary N) is 1. The molecule has 0 aliphatic heterocycles. The first kappa shape index (κ1) is 10.1. The van der Waals surface area contributed by atoms with E-state index >= 15 is 0 Å². The third-order valence-electron chi connectivity index (χ3n) is 2.04. The Labute approximate surface area is 93.6 Å². The Balaban J connectivity index is 2.94. The Morgan fingerprint density at radius 3 is 2.93 bits per heavy atom. The SMILES string of the molecule is Cc1c(C(=O)O)sc2nc(=S)[nH]c(N)c12. The average Bonchev–Trinajstić information content (AvgIpc) is 2.42. The number of carbonyl (C=O) groups is 1. The Bertz CT molecular complexity index is 614. The summed E-state index contributed by atoms with van der Waals surface area (Å²) in [5.74, 6) is -0.605. The molecule has 78 valence electrons. The van der Waals surface area contributed by atoms with Crippen LogP contribution in [0.3, 0.4) is 0 Å². The molecular weight excluding hydrogens is 234 g/mol. The lowest BCUT2D eigenvalue weighted by atomic mass is 10.2. The second-order valence-electron chi connectivity index (χ2n) is 3.00. The highest BCUT2D eigenvalue weighted by molar-refractivity contribution is 7.71. The molecule has 0 radical (unpaired) electrons. The van der Waals surface area contributed by atoms with Crippen molar-refractivity contribution in [3.63, 3.8) is 0 Å². The summed E-state index contributed by atoms with van der Waals surface area (Å²) in [6, 6.07) is 0. The van der Waals surface area contributed by atoms with Crippen LogP contribution in [0.5, 0.6) is 0 Å². The van der Waals surface area contributed by atoms with Crippen LogP contribution in [0, 0.1) is 11.7 Å². The van der Waals surface area contributed by atoms with E-state index in [2.05, 4.69) is 9.97 Å². The van der Waals surface area contributed by atoms with E-state index in [1.54, 1.807) is 6.92 Å². The number of carboxylic acid groups (broad SMARTS) is 1. The van der Waals surface area contributed by atoms with Gasteiger partial charge in [-0.3, -0.25) is 0 Å². The van der Waals surface area contributed by atoms with Gasteiger partial charge in [-0.2, -0.15) is 0 Å². The number of nitrogens with two attached hydrogens (primary N) is 1. The second-order valence-corrected chi connectivity index (χ2v) is 4.38. The second kappa shape index (κ2) is 3.28. The molecule has 0 unspecified atom stereocenters. The monoisotopic (exact) mass is 241 g/mol. The molecule has 0 spiro atoms. The van der Waals surface area contributed by atoms with E-state index in [0.717, 1.165) is 11.3 Å². The van der Waals surface area contributed by atoms with Crippen LogP contribution in [0.2, 0.25) is 0 Å². The number of hydrogen-bond donors (Lipinski definition) is 3. The Morgan fingerprint density at radius 2 is 2.33 bits per heavy atom. The molecule has 0 atom stereocenters. The number of aryl methyl sites for hydroxylation is 1. The van der Waals surface area contributed by atoms with Crippen LogP contribution in [0.15, 0.2) is 0 Å². The van der Waals surface area contributed by atoms with E-state index < -0.39 is 5.97 Å². The number of anilines is 1. The molecule has 5 nitrogen and oxygen atoms in total. The lowest BCUT2D eigenvalue weighted by Crippen LogP contribution is -1.96. The first-order valence-electron chi connectivity index (χ1n) is 4.03. The molecule has 4 N–H and O–H groups in total. The molecule has 0 fully saturated rings. The zero-order chi connectivity index (χ0) is 11.2. The first-order valence-corrected chi connectivity index (χ1v) is 5.25. The minimum absolute atomic E-state index is 0.248. The number of H-pyrrole nitrogens is 1. The topological polar surface area (TPSA) is 92.0 Å². The van der Waals surface area contributed by atoms with Gasteiger partial charge in [0.15, 0.2) is 4.77 Å². The Hall–Kier alpha value is -1.47. The number of aromatic carboxylic acids is 1. The highest BCUT2D eigenvalue weighted by Gasteiger charge is 2.17. The van der Waals surface area contributed by atoms with Gasteiger partial charge in [0.2, 0.25) is 0 Å². The number of hydrogen-bond acceptors (Lipinski definition) is 5. The number of nitrogen functional groups attached to an aromatic ring is 1. The van der Waals surface area contributed by atoms with Crippen LogP contribution in [-0.2, 0) is 0 Å². The van der Waals surface area contributed by atoms with Crippen molar-refractivity contribution in [2.75, 3.05) is 5.73 Å². The van der Waals surface area contributed by atoms with Crippen molar-refractivity contribution in [3.05, 3.63) is 15.2 Å². The van der Waals surface area contributed by atoms with Crippen molar-refractivity contribution >= 4 is 45.6 Å². The predicted octanol–water partition coefficient (Wildman–Crippen LogP) is 1.94. The molecule has 0 saturated carbocycles. The third kappa shape index (κ3) is 1.49. The molecule has 0 saturated heterocycles. The van der Waals surface area contributed by atoms with Crippen molar-refractivity contribution in [1.29, 1.82) is 0 Å². The maximum Gasteiger partial charge on any atom is 0.346 e. The minimum Gasteiger partial charge on any atom is -0.477 e. The van der Waals surface area contributed by atoms with Crippen molar-refractivity contribution < 1.29 is 9.90 Å². The average molecular weight is 241 g/mol. The molecular formula is C8H7N3O2S2. The summed E-state index contributed by atoms with van der Waals surface area (Å²) < 4.78 is 0.262. The molecule has 2 heterocycles. The fourth-order valence-corrected chi connectivity index (χ4v) is 2.69. The van der Waals surface area contributed by atoms with E-state index in [-0.39, 0.29) is 9.65 Å². The summed E-state index contributed by atoms with van der Waals surface area (Å²) >= 11 is 5.94. The van der Waals surface area contributed by atoms with Crippen molar-refractivity contribution in [1.82, 2.24) is 9.97 Å². The number of carboxylic acids is 1. The standard InChI is InChI=1S/C8H7N3O2S2/c1-2-3-5(9)10-8(14)11-6(3)15-4(2)7(12)13/h1H3,(H,12,13)(H3,9,10,11,14). The van der Waals surface area contributed by atoms with E-state index in [1.807, 2.05) is 0 Å². The van der Waals surface area contributed by atoms with Gasteiger partial charge in [0.1, 0.15) is 15.5 Å². The van der Waals surface area contributed by atoms with Gasteiger partial charge >= 0.3 is 5.97 Å². The molecule has 2 aromatic rings. The first-order chi connectivity index (χ1) is 7.00. The number of nitrogens with zero attached hydrogens (tertiary/aromatic N) is 1. The summed E-state index contributed by atoms with van der Waals surface area (Å²) in [6.45, 7) is 1.71. The van der Waals surface area contributed by atoms with Crippen LogP contribution in [0.4, 0.5) is 5.82 Å². The van der Waals surface area contributed by atoms with Crippen LogP contribution < -0.4 is 5.73 Å². The van der Waals surface area contributed by atoms with Crippen molar-refractivity contribution in [2.24, 2.45) is 0 Å². The minimum atomic E-state index is -0.971. The Morgan fingerprint density at radius 1 is 1.67 bits per heavy atom. The van der Waals surface area contributed by atoms with Crippen molar-refractivity contribution in [2.45, 2.75) is 6.92 Å². The lowest BCUT2D eigenvalue weighted by Gasteiger charge is -1.96. The fourth-order valence-electron chi connectivity index (χ4n) is 1.40. The van der Waals surface area contributed by atoms with Crippen LogP contribution in [-0.4, -0.2) is 21.0 Å². The molecule has 2 rings (SSSR count). The molecule has 0 amide bonds. The summed E-state index contributed by atoms with van der Waals surface area (Å²) in [5.41, 5.74) is 6.35. The third-order valence-corrected chi connectivity index (χ3v) is 3.40. The predicted molar refractivity (Wildman–Crippen MR) is 60.9 cm³/mol. The van der Waals surface area contributed by atoms with Gasteiger partial charge in [0, 0.05) is 0 Å². The lowest BCUT2D eigenvalue weighted by molar-refractivity contribution is 0.0701. The highest BCUT2D eigenvalue weighted by atomic mass is 32.1. The molecule has 0 aliphatic rings. The van der Waals surface area contributed by atoms with E-state index in [0.29, 0.717) is 21.6 Å². The van der Waals surface area contributed by atoms with Gasteiger partial charge in [-0.25, -0.2) is 9.78 Å². The number of thiophene rings is 1. The molecule has 15 heavy (non-hydrogen) atoms. The van der Waals surface area contributed by atoms with Gasteiger partial charge in [-0.05, 0) is 24.7 Å². The molecule has 7 heteroatoms. The van der Waals surface area contributed by atoms with Gasteiger partial charge in [-0.15, -0.1) is 11.3 Å². The molecule has 0 aromatic carbocycles. The summed E-state index contributed by atoms with van der Waals surface area (Å²) in [4.78, 5) is 18.4. The number of aromatic nitrogens is 2. The summed E-state index contributed by atoms with van der Waals surface area (Å²) in [7, 11) is 0. The maximum absolute atomic E-state index is 10.9. The fraction of sp³-hybridized carbons (Fsp3) is 0.125. The largest absolute Gasteiger partial charge is 0.477 e.